The smallest absolute Gasteiger partial charge is 0.209 e. The van der Waals surface area contributed by atoms with Crippen molar-refractivity contribution in [1.82, 2.24) is 9.97 Å². The zero-order valence-electron chi connectivity index (χ0n) is 17.7. The summed E-state index contributed by atoms with van der Waals surface area (Å²) in [7, 11) is -3.96. The number of hydrogen-bond donors (Lipinski definition) is 1. The molecule has 34 heavy (non-hydrogen) atoms. The van der Waals surface area contributed by atoms with Gasteiger partial charge in [0.25, 0.3) is 0 Å². The van der Waals surface area contributed by atoms with Crippen LogP contribution < -0.4 is 0 Å². The summed E-state index contributed by atoms with van der Waals surface area (Å²) < 4.78 is 41.8. The van der Waals surface area contributed by atoms with E-state index >= 15 is 0 Å². The fourth-order valence-electron chi connectivity index (χ4n) is 3.92. The number of rotatable bonds is 5. The molecule has 1 N–H and O–H groups in total. The van der Waals surface area contributed by atoms with Crippen LogP contribution in [0.1, 0.15) is 0 Å². The lowest BCUT2D eigenvalue weighted by Crippen LogP contribution is -2.04. The van der Waals surface area contributed by atoms with Crippen molar-refractivity contribution in [1.29, 1.82) is 0 Å². The standard InChI is InChI=1S/C27H18ClFN2O2S/c28-21-10-6-20(7-11-21)26-27(34(32,33)23-4-2-1-3-5-23)24(18-14-16-30-17-15-18)25(31-26)19-8-12-22(29)13-9-19/h1-17,31H. The SMILES string of the molecule is O=S(=O)(c1ccccc1)c1c(-c2ccc(Cl)cc2)[nH]c(-c2ccc(F)cc2)c1-c1ccncc1. The number of benzene rings is 3. The molecule has 0 saturated heterocycles. The number of nitrogens with zero attached hydrogens (tertiary/aromatic N) is 1. The maximum absolute atomic E-state index is 14.1. The number of H-pyrrole nitrogens is 1. The normalized spacial score (nSPS) is 11.5. The third-order valence-electron chi connectivity index (χ3n) is 5.51. The first kappa shape index (κ1) is 22.1. The molecule has 5 rings (SSSR count). The highest BCUT2D eigenvalue weighted by Crippen LogP contribution is 2.45. The van der Waals surface area contributed by atoms with Gasteiger partial charge in [-0.05, 0) is 77.4 Å². The van der Waals surface area contributed by atoms with Gasteiger partial charge in [0, 0.05) is 23.0 Å². The molecule has 0 amide bonds. The molecule has 0 aliphatic heterocycles. The second-order valence-electron chi connectivity index (χ2n) is 7.65. The first-order valence-corrected chi connectivity index (χ1v) is 12.3. The number of halogens is 2. The molecule has 7 heteroatoms. The average Bonchev–Trinajstić information content (AvgIpc) is 3.27. The van der Waals surface area contributed by atoms with Crippen LogP contribution in [0.2, 0.25) is 5.02 Å². The van der Waals surface area contributed by atoms with Crippen molar-refractivity contribution in [3.05, 3.63) is 114 Å². The van der Waals surface area contributed by atoms with E-state index in [0.29, 0.717) is 38.7 Å². The van der Waals surface area contributed by atoms with Gasteiger partial charge in [-0.3, -0.25) is 4.98 Å². The highest BCUT2D eigenvalue weighted by atomic mass is 35.5. The molecular weight excluding hydrogens is 471 g/mol. The van der Waals surface area contributed by atoms with E-state index in [1.807, 2.05) is 0 Å². The average molecular weight is 489 g/mol. The van der Waals surface area contributed by atoms with Crippen LogP contribution in [-0.2, 0) is 9.84 Å². The quantitative estimate of drug-likeness (QED) is 0.288. The van der Waals surface area contributed by atoms with Gasteiger partial charge in [-0.1, -0.05) is 41.9 Å². The summed E-state index contributed by atoms with van der Waals surface area (Å²) in [5.74, 6) is -0.379. The Morgan fingerprint density at radius 1 is 0.706 bits per heavy atom. The van der Waals surface area contributed by atoms with Crippen LogP contribution in [0.15, 0.2) is 113 Å². The molecule has 0 unspecified atom stereocenters. The van der Waals surface area contributed by atoms with Gasteiger partial charge in [-0.2, -0.15) is 0 Å². The second kappa shape index (κ2) is 8.89. The van der Waals surface area contributed by atoms with Gasteiger partial charge in [-0.25, -0.2) is 12.8 Å². The second-order valence-corrected chi connectivity index (χ2v) is 9.97. The number of hydrogen-bond acceptors (Lipinski definition) is 3. The lowest BCUT2D eigenvalue weighted by molar-refractivity contribution is 0.596. The summed E-state index contributed by atoms with van der Waals surface area (Å²) in [6.07, 6.45) is 3.22. The predicted octanol–water partition coefficient (Wildman–Crippen LogP) is 7.04. The van der Waals surface area contributed by atoms with Crippen LogP contribution in [-0.4, -0.2) is 18.4 Å². The van der Waals surface area contributed by atoms with Crippen molar-refractivity contribution in [2.45, 2.75) is 9.79 Å². The summed E-state index contributed by atoms with van der Waals surface area (Å²) in [5.41, 5.74) is 3.45. The van der Waals surface area contributed by atoms with Gasteiger partial charge in [-0.15, -0.1) is 0 Å². The zero-order chi connectivity index (χ0) is 23.7. The molecule has 0 radical (unpaired) electrons. The molecule has 0 aliphatic rings. The van der Waals surface area contributed by atoms with E-state index in [0.717, 1.165) is 0 Å². The topological polar surface area (TPSA) is 62.8 Å². The lowest BCUT2D eigenvalue weighted by atomic mass is 10.0. The highest BCUT2D eigenvalue weighted by molar-refractivity contribution is 7.91. The molecule has 0 atom stereocenters. The van der Waals surface area contributed by atoms with E-state index in [1.54, 1.807) is 91.3 Å². The Balaban J connectivity index is 1.90. The third kappa shape index (κ3) is 4.02. The number of nitrogens with one attached hydrogen (secondary N) is 1. The lowest BCUT2D eigenvalue weighted by Gasteiger charge is -2.11. The monoisotopic (exact) mass is 488 g/mol. The Bertz CT molecular complexity index is 1550. The molecule has 0 saturated carbocycles. The van der Waals surface area contributed by atoms with Crippen LogP contribution in [0, 0.1) is 5.82 Å². The summed E-state index contributed by atoms with van der Waals surface area (Å²) >= 11 is 6.10. The van der Waals surface area contributed by atoms with Crippen molar-refractivity contribution in [3.63, 3.8) is 0 Å². The van der Waals surface area contributed by atoms with E-state index < -0.39 is 9.84 Å². The summed E-state index contributed by atoms with van der Waals surface area (Å²) in [5, 5.41) is 0.538. The fraction of sp³-hybridized carbons (Fsp3) is 0. The molecule has 0 aliphatic carbocycles. The minimum Gasteiger partial charge on any atom is -0.353 e. The largest absolute Gasteiger partial charge is 0.353 e. The molecule has 4 nitrogen and oxygen atoms in total. The van der Waals surface area contributed by atoms with E-state index in [4.69, 9.17) is 11.6 Å². The van der Waals surface area contributed by atoms with Crippen molar-refractivity contribution in [2.24, 2.45) is 0 Å². The summed E-state index contributed by atoms with van der Waals surface area (Å²) in [6.45, 7) is 0. The van der Waals surface area contributed by atoms with Crippen molar-refractivity contribution in [2.75, 3.05) is 0 Å². The summed E-state index contributed by atoms with van der Waals surface area (Å²) in [4.78, 5) is 7.72. The molecule has 2 heterocycles. The van der Waals surface area contributed by atoms with E-state index in [2.05, 4.69) is 9.97 Å². The van der Waals surface area contributed by atoms with Crippen LogP contribution in [0.4, 0.5) is 4.39 Å². The maximum Gasteiger partial charge on any atom is 0.209 e. The van der Waals surface area contributed by atoms with Gasteiger partial charge in [0.2, 0.25) is 9.84 Å². The number of pyridine rings is 1. The van der Waals surface area contributed by atoms with Crippen LogP contribution in [0.3, 0.4) is 0 Å². The predicted molar refractivity (Wildman–Crippen MR) is 132 cm³/mol. The Labute approximate surface area is 201 Å². The number of sulfone groups is 1. The third-order valence-corrected chi connectivity index (χ3v) is 7.60. The van der Waals surface area contributed by atoms with Crippen LogP contribution in [0.5, 0.6) is 0 Å². The molecule has 0 spiro atoms. The van der Waals surface area contributed by atoms with Gasteiger partial charge in [0.1, 0.15) is 10.7 Å². The molecule has 0 bridgehead atoms. The summed E-state index contributed by atoms with van der Waals surface area (Å²) in [6, 6.07) is 24.7. The fourth-order valence-corrected chi connectivity index (χ4v) is 5.72. The van der Waals surface area contributed by atoms with Crippen LogP contribution >= 0.6 is 11.6 Å². The van der Waals surface area contributed by atoms with E-state index in [9.17, 15) is 12.8 Å². The molecular formula is C27H18ClFN2O2S. The van der Waals surface area contributed by atoms with Gasteiger partial charge >= 0.3 is 0 Å². The number of aromatic amines is 1. The van der Waals surface area contributed by atoms with Crippen molar-refractivity contribution < 1.29 is 12.8 Å². The van der Waals surface area contributed by atoms with Crippen LogP contribution in [0.25, 0.3) is 33.6 Å². The Hall–Kier alpha value is -3.74. The molecule has 0 fully saturated rings. The minimum atomic E-state index is -3.96. The zero-order valence-corrected chi connectivity index (χ0v) is 19.3. The van der Waals surface area contributed by atoms with Gasteiger partial charge in [0.05, 0.1) is 16.3 Å². The van der Waals surface area contributed by atoms with Crippen molar-refractivity contribution >= 4 is 21.4 Å². The van der Waals surface area contributed by atoms with Gasteiger partial charge in [0.15, 0.2) is 0 Å². The minimum absolute atomic E-state index is 0.131. The molecule has 2 aromatic heterocycles. The Kier molecular flexibility index (Phi) is 5.77. The van der Waals surface area contributed by atoms with Gasteiger partial charge < -0.3 is 4.98 Å². The molecule has 5 aromatic rings. The Morgan fingerprint density at radius 3 is 1.94 bits per heavy atom. The first-order valence-electron chi connectivity index (χ1n) is 10.4. The number of aromatic nitrogens is 2. The first-order chi connectivity index (χ1) is 16.4. The van der Waals surface area contributed by atoms with Crippen molar-refractivity contribution in [3.8, 4) is 33.6 Å². The van der Waals surface area contributed by atoms with E-state index in [1.165, 1.54) is 12.1 Å². The van der Waals surface area contributed by atoms with E-state index in [-0.39, 0.29) is 15.6 Å². The maximum atomic E-state index is 14.1. The Morgan fingerprint density at radius 2 is 1.29 bits per heavy atom. The molecule has 3 aromatic carbocycles. The molecule has 168 valence electrons. The highest BCUT2D eigenvalue weighted by Gasteiger charge is 2.31.